The molecule has 0 N–H and O–H groups in total. The van der Waals surface area contributed by atoms with Gasteiger partial charge in [-0.2, -0.15) is 5.26 Å². The summed E-state index contributed by atoms with van der Waals surface area (Å²) in [6.45, 7) is 2.26. The van der Waals surface area contributed by atoms with Crippen LogP contribution in [0.1, 0.15) is 43.4 Å². The molecule has 34 heavy (non-hydrogen) atoms. The second kappa shape index (κ2) is 9.60. The highest BCUT2D eigenvalue weighted by Crippen LogP contribution is 2.40. The Morgan fingerprint density at radius 2 is 1.71 bits per heavy atom. The SMILES string of the molecule is C[C@@H](c1ccc(-c2ccc(F)cc2F)cc1)N1CC[C@@](CCC#N)(c2ccc(F)cc2)OC1=O. The number of cyclic esters (lactones) is 1. The molecule has 1 amide bonds. The van der Waals surface area contributed by atoms with Gasteiger partial charge in [-0.1, -0.05) is 36.4 Å². The van der Waals surface area contributed by atoms with Crippen molar-refractivity contribution in [3.63, 3.8) is 0 Å². The second-order valence-electron chi connectivity index (χ2n) is 8.39. The van der Waals surface area contributed by atoms with Crippen molar-refractivity contribution in [2.45, 2.75) is 37.8 Å². The number of nitrogens with zero attached hydrogens (tertiary/aromatic N) is 2. The summed E-state index contributed by atoms with van der Waals surface area (Å²) < 4.78 is 46.7. The van der Waals surface area contributed by atoms with E-state index in [0.29, 0.717) is 36.1 Å². The van der Waals surface area contributed by atoms with E-state index in [9.17, 15) is 18.0 Å². The van der Waals surface area contributed by atoms with Crippen LogP contribution >= 0.6 is 0 Å². The van der Waals surface area contributed by atoms with Gasteiger partial charge in [-0.25, -0.2) is 18.0 Å². The maximum absolute atomic E-state index is 14.1. The minimum absolute atomic E-state index is 0.196. The van der Waals surface area contributed by atoms with E-state index in [0.717, 1.165) is 11.6 Å². The molecule has 2 atom stereocenters. The molecule has 174 valence electrons. The van der Waals surface area contributed by atoms with E-state index in [-0.39, 0.29) is 18.3 Å². The number of carbonyl (C=O) groups is 1. The van der Waals surface area contributed by atoms with Crippen LogP contribution < -0.4 is 0 Å². The van der Waals surface area contributed by atoms with Crippen LogP contribution in [0, 0.1) is 28.8 Å². The molecule has 4 rings (SSSR count). The van der Waals surface area contributed by atoms with Crippen molar-refractivity contribution in [2.24, 2.45) is 0 Å². The Kier molecular flexibility index (Phi) is 6.60. The van der Waals surface area contributed by atoms with Gasteiger partial charge in [-0.3, -0.25) is 0 Å². The van der Waals surface area contributed by atoms with Crippen LogP contribution in [0.4, 0.5) is 18.0 Å². The van der Waals surface area contributed by atoms with E-state index in [1.165, 1.54) is 24.3 Å². The standard InChI is InChI=1S/C27H23F3N2O2/c1-18(19-3-5-20(6-4-19)24-12-11-23(29)17-25(24)30)32-16-14-27(13-2-15-31,34-26(32)33)21-7-9-22(28)10-8-21/h3-12,17-18H,2,13-14,16H2,1H3/t18-,27-/m0/s1. The lowest BCUT2D eigenvalue weighted by Crippen LogP contribution is -2.48. The Morgan fingerprint density at radius 1 is 1.03 bits per heavy atom. The summed E-state index contributed by atoms with van der Waals surface area (Å²) in [6.07, 6.45) is 0.451. The molecule has 0 unspecified atom stereocenters. The van der Waals surface area contributed by atoms with Crippen LogP contribution in [0.3, 0.4) is 0 Å². The van der Waals surface area contributed by atoms with Crippen molar-refractivity contribution < 1.29 is 22.7 Å². The molecule has 3 aromatic rings. The highest BCUT2D eigenvalue weighted by atomic mass is 19.1. The zero-order chi connectivity index (χ0) is 24.3. The molecule has 0 aromatic heterocycles. The molecule has 1 heterocycles. The third-order valence-corrected chi connectivity index (χ3v) is 6.39. The van der Waals surface area contributed by atoms with Gasteiger partial charge in [-0.05, 0) is 47.9 Å². The van der Waals surface area contributed by atoms with Gasteiger partial charge in [0.1, 0.15) is 23.1 Å². The Morgan fingerprint density at radius 3 is 2.32 bits per heavy atom. The van der Waals surface area contributed by atoms with Crippen molar-refractivity contribution in [3.05, 3.63) is 95.3 Å². The number of rotatable bonds is 6. The summed E-state index contributed by atoms with van der Waals surface area (Å²) in [4.78, 5) is 14.7. The van der Waals surface area contributed by atoms with E-state index in [1.807, 2.05) is 6.92 Å². The molecule has 4 nitrogen and oxygen atoms in total. The highest BCUT2D eigenvalue weighted by Gasteiger charge is 2.43. The number of halogens is 3. The third kappa shape index (κ3) is 4.62. The number of ether oxygens (including phenoxy) is 1. The maximum Gasteiger partial charge on any atom is 0.411 e. The van der Waals surface area contributed by atoms with Crippen LogP contribution in [0.5, 0.6) is 0 Å². The second-order valence-corrected chi connectivity index (χ2v) is 8.39. The quantitative estimate of drug-likeness (QED) is 0.400. The zero-order valence-corrected chi connectivity index (χ0v) is 18.6. The van der Waals surface area contributed by atoms with Gasteiger partial charge in [0.15, 0.2) is 0 Å². The summed E-state index contributed by atoms with van der Waals surface area (Å²) >= 11 is 0. The highest BCUT2D eigenvalue weighted by molar-refractivity contribution is 5.70. The Hall–Kier alpha value is -3.79. The lowest BCUT2D eigenvalue weighted by molar-refractivity contribution is -0.0647. The smallest absolute Gasteiger partial charge is 0.411 e. The van der Waals surface area contributed by atoms with E-state index in [4.69, 9.17) is 10.00 Å². The van der Waals surface area contributed by atoms with E-state index in [1.54, 1.807) is 41.3 Å². The van der Waals surface area contributed by atoms with Crippen LogP contribution in [0.2, 0.25) is 0 Å². The fourth-order valence-electron chi connectivity index (χ4n) is 4.40. The number of amides is 1. The molecule has 1 fully saturated rings. The van der Waals surface area contributed by atoms with E-state index < -0.39 is 23.3 Å². The van der Waals surface area contributed by atoms with Crippen LogP contribution in [0.15, 0.2) is 66.7 Å². The molecular weight excluding hydrogens is 441 g/mol. The molecule has 1 saturated heterocycles. The number of hydrogen-bond donors (Lipinski definition) is 0. The lowest BCUT2D eigenvalue weighted by atomic mass is 9.84. The predicted octanol–water partition coefficient (Wildman–Crippen LogP) is 6.87. The summed E-state index contributed by atoms with van der Waals surface area (Å²) in [6, 6.07) is 18.1. The van der Waals surface area contributed by atoms with Crippen molar-refractivity contribution in [1.82, 2.24) is 4.90 Å². The van der Waals surface area contributed by atoms with Gasteiger partial charge in [0.2, 0.25) is 0 Å². The molecule has 0 bridgehead atoms. The topological polar surface area (TPSA) is 53.3 Å². The first kappa shape index (κ1) is 23.4. The van der Waals surface area contributed by atoms with Crippen LogP contribution in [-0.2, 0) is 10.3 Å². The molecule has 1 aliphatic rings. The molecular formula is C27H23F3N2O2. The van der Waals surface area contributed by atoms with Crippen LogP contribution in [-0.4, -0.2) is 17.5 Å². The van der Waals surface area contributed by atoms with Gasteiger partial charge in [-0.15, -0.1) is 0 Å². The number of benzene rings is 3. The molecule has 1 aliphatic heterocycles. The van der Waals surface area contributed by atoms with Gasteiger partial charge >= 0.3 is 6.09 Å². The molecule has 0 radical (unpaired) electrons. The number of hydrogen-bond acceptors (Lipinski definition) is 3. The van der Waals surface area contributed by atoms with E-state index in [2.05, 4.69) is 6.07 Å². The Balaban J connectivity index is 1.52. The summed E-state index contributed by atoms with van der Waals surface area (Å²) in [5, 5.41) is 9.09. The predicted molar refractivity (Wildman–Crippen MR) is 121 cm³/mol. The van der Waals surface area contributed by atoms with Crippen LogP contribution in [0.25, 0.3) is 11.1 Å². The fourth-order valence-corrected chi connectivity index (χ4v) is 4.40. The van der Waals surface area contributed by atoms with Crippen molar-refractivity contribution in [2.75, 3.05) is 6.54 Å². The summed E-state index contributed by atoms with van der Waals surface area (Å²) in [7, 11) is 0. The average Bonchev–Trinajstić information content (AvgIpc) is 2.83. The van der Waals surface area contributed by atoms with Crippen molar-refractivity contribution in [3.8, 4) is 17.2 Å². The third-order valence-electron chi connectivity index (χ3n) is 6.39. The van der Waals surface area contributed by atoms with Crippen molar-refractivity contribution in [1.29, 1.82) is 5.26 Å². The largest absolute Gasteiger partial charge is 0.438 e. The molecule has 0 saturated carbocycles. The van der Waals surface area contributed by atoms with Gasteiger partial charge in [0, 0.05) is 37.4 Å². The minimum Gasteiger partial charge on any atom is -0.438 e. The Labute approximate surface area is 196 Å². The first-order valence-electron chi connectivity index (χ1n) is 11.0. The average molecular weight is 464 g/mol. The van der Waals surface area contributed by atoms with Gasteiger partial charge in [0.25, 0.3) is 0 Å². The lowest BCUT2D eigenvalue weighted by Gasteiger charge is -2.43. The first-order chi connectivity index (χ1) is 16.3. The normalized spacial score (nSPS) is 18.8. The first-order valence-corrected chi connectivity index (χ1v) is 11.0. The summed E-state index contributed by atoms with van der Waals surface area (Å²) in [5.41, 5.74) is 1.40. The van der Waals surface area contributed by atoms with Gasteiger partial charge in [0.05, 0.1) is 12.1 Å². The summed E-state index contributed by atoms with van der Waals surface area (Å²) in [5.74, 6) is -1.67. The molecule has 0 spiro atoms. The molecule has 3 aromatic carbocycles. The van der Waals surface area contributed by atoms with E-state index >= 15 is 0 Å². The Bertz CT molecular complexity index is 1220. The number of nitriles is 1. The molecule has 7 heteroatoms. The number of carbonyl (C=O) groups excluding carboxylic acids is 1. The van der Waals surface area contributed by atoms with Gasteiger partial charge < -0.3 is 9.64 Å². The van der Waals surface area contributed by atoms with Crippen molar-refractivity contribution >= 4 is 6.09 Å². The zero-order valence-electron chi connectivity index (χ0n) is 18.6. The maximum atomic E-state index is 14.1. The molecule has 0 aliphatic carbocycles. The monoisotopic (exact) mass is 464 g/mol. The fraction of sp³-hybridized carbons (Fsp3) is 0.259. The minimum atomic E-state index is -0.985.